The number of nitrogens with zero attached hydrogens (tertiary/aromatic N) is 2. The summed E-state index contributed by atoms with van der Waals surface area (Å²) >= 11 is 0. The lowest BCUT2D eigenvalue weighted by Gasteiger charge is -2.26. The number of rotatable bonds is 5. The summed E-state index contributed by atoms with van der Waals surface area (Å²) in [7, 11) is 1.81. The first-order valence-electron chi connectivity index (χ1n) is 9.36. The summed E-state index contributed by atoms with van der Waals surface area (Å²) in [6.07, 6.45) is 8.07. The Labute approximate surface area is 164 Å². The van der Waals surface area contributed by atoms with Gasteiger partial charge in [0.05, 0.1) is 0 Å². The van der Waals surface area contributed by atoms with Crippen molar-refractivity contribution < 1.29 is 4.79 Å². The largest absolute Gasteiger partial charge is 0.356 e. The Morgan fingerprint density at radius 1 is 1.21 bits per heavy atom. The van der Waals surface area contributed by atoms with Crippen molar-refractivity contribution in [2.75, 3.05) is 26.7 Å². The maximum Gasteiger partial charge on any atom is 0.225 e. The normalized spacial score (nSPS) is 22.4. The summed E-state index contributed by atoms with van der Waals surface area (Å²) in [4.78, 5) is 19.0. The third-order valence-corrected chi connectivity index (χ3v) is 5.03. The number of hydrogen-bond acceptors (Lipinski definition) is 2. The van der Waals surface area contributed by atoms with Crippen LogP contribution in [0, 0.1) is 11.8 Å². The molecular weight excluding hydrogens is 415 g/mol. The first-order valence-corrected chi connectivity index (χ1v) is 9.36. The Morgan fingerprint density at radius 3 is 2.54 bits per heavy atom. The van der Waals surface area contributed by atoms with Crippen molar-refractivity contribution in [3.05, 3.63) is 0 Å². The predicted molar refractivity (Wildman–Crippen MR) is 111 cm³/mol. The molecule has 0 aromatic heterocycles. The van der Waals surface area contributed by atoms with E-state index in [-0.39, 0.29) is 29.9 Å². The summed E-state index contributed by atoms with van der Waals surface area (Å²) in [5, 5.41) is 6.84. The van der Waals surface area contributed by atoms with Crippen molar-refractivity contribution in [1.82, 2.24) is 15.5 Å². The third-order valence-electron chi connectivity index (χ3n) is 5.03. The maximum atomic E-state index is 12.6. The molecule has 1 aliphatic heterocycles. The highest BCUT2D eigenvalue weighted by atomic mass is 127. The smallest absolute Gasteiger partial charge is 0.225 e. The topological polar surface area (TPSA) is 56.7 Å². The van der Waals surface area contributed by atoms with E-state index < -0.39 is 0 Å². The molecule has 2 aliphatic rings. The Balaban J connectivity index is 0.00000288. The van der Waals surface area contributed by atoms with Crippen molar-refractivity contribution in [3.8, 4) is 0 Å². The second kappa shape index (κ2) is 11.2. The highest BCUT2D eigenvalue weighted by Crippen LogP contribution is 2.26. The number of nitrogens with one attached hydrogen (secondary N) is 2. The average Bonchev–Trinajstić information content (AvgIpc) is 3.02. The van der Waals surface area contributed by atoms with Gasteiger partial charge < -0.3 is 15.5 Å². The highest BCUT2D eigenvalue weighted by molar-refractivity contribution is 14.0. The molecule has 0 radical (unpaired) electrons. The summed E-state index contributed by atoms with van der Waals surface area (Å²) in [6.45, 7) is 7.10. The lowest BCUT2D eigenvalue weighted by molar-refractivity contribution is -0.135. The molecule has 0 aromatic rings. The van der Waals surface area contributed by atoms with Gasteiger partial charge >= 0.3 is 0 Å². The molecular formula is C18H35IN4O. The summed E-state index contributed by atoms with van der Waals surface area (Å²) in [6, 6.07) is 0.327. The first kappa shape index (κ1) is 21.5. The third kappa shape index (κ3) is 6.76. The van der Waals surface area contributed by atoms with Gasteiger partial charge in [-0.25, -0.2) is 0 Å². The lowest BCUT2D eigenvalue weighted by Crippen LogP contribution is -2.45. The molecule has 24 heavy (non-hydrogen) atoms. The van der Waals surface area contributed by atoms with Crippen LogP contribution < -0.4 is 10.6 Å². The van der Waals surface area contributed by atoms with E-state index in [0.29, 0.717) is 17.9 Å². The molecule has 0 aromatic carbocycles. The van der Waals surface area contributed by atoms with Crippen LogP contribution in [0.15, 0.2) is 4.99 Å². The van der Waals surface area contributed by atoms with Gasteiger partial charge in [-0.05, 0) is 31.6 Å². The number of guanidine groups is 1. The summed E-state index contributed by atoms with van der Waals surface area (Å²) in [5.74, 6) is 2.22. The fraction of sp³-hybridized carbons (Fsp3) is 0.889. The SMILES string of the molecule is CN=C(NCCC(C)C)NC1CCN(C(=O)C2CCCCC2)C1.I. The van der Waals surface area contributed by atoms with Crippen molar-refractivity contribution in [2.24, 2.45) is 16.8 Å². The van der Waals surface area contributed by atoms with E-state index in [1.165, 1.54) is 19.3 Å². The Kier molecular flexibility index (Phi) is 10.0. The standard InChI is InChI=1S/C18H34N4O.HI/c1-14(2)9-11-20-18(19-3)21-16-10-12-22(13-16)17(23)15-7-5-4-6-8-15;/h14-16H,4-13H2,1-3H3,(H2,19,20,21);1H. The molecule has 1 unspecified atom stereocenters. The van der Waals surface area contributed by atoms with Gasteiger partial charge in [0.25, 0.3) is 0 Å². The molecule has 1 saturated heterocycles. The van der Waals surface area contributed by atoms with E-state index in [1.54, 1.807) is 0 Å². The van der Waals surface area contributed by atoms with Crippen LogP contribution in [-0.4, -0.2) is 49.5 Å². The number of hydrogen-bond donors (Lipinski definition) is 2. The molecule has 140 valence electrons. The average molecular weight is 450 g/mol. The van der Waals surface area contributed by atoms with Gasteiger partial charge in [0.1, 0.15) is 0 Å². The van der Waals surface area contributed by atoms with Crippen LogP contribution in [0.3, 0.4) is 0 Å². The minimum atomic E-state index is 0. The predicted octanol–water partition coefficient (Wildman–Crippen LogP) is 3.00. The number of likely N-dealkylation sites (tertiary alicyclic amines) is 1. The lowest BCUT2D eigenvalue weighted by atomic mass is 9.88. The minimum Gasteiger partial charge on any atom is -0.356 e. The van der Waals surface area contributed by atoms with E-state index in [0.717, 1.165) is 51.3 Å². The zero-order valence-corrected chi connectivity index (χ0v) is 17.8. The van der Waals surface area contributed by atoms with E-state index in [1.807, 2.05) is 7.05 Å². The molecule has 2 fully saturated rings. The molecule has 0 bridgehead atoms. The van der Waals surface area contributed by atoms with Gasteiger partial charge in [0, 0.05) is 38.6 Å². The van der Waals surface area contributed by atoms with Crippen LogP contribution >= 0.6 is 24.0 Å². The quantitative estimate of drug-likeness (QED) is 0.385. The minimum absolute atomic E-state index is 0. The van der Waals surface area contributed by atoms with Gasteiger partial charge in [-0.2, -0.15) is 0 Å². The van der Waals surface area contributed by atoms with Gasteiger partial charge in [0.15, 0.2) is 5.96 Å². The number of halogens is 1. The van der Waals surface area contributed by atoms with E-state index in [4.69, 9.17) is 0 Å². The van der Waals surface area contributed by atoms with Crippen molar-refractivity contribution >= 4 is 35.8 Å². The summed E-state index contributed by atoms with van der Waals surface area (Å²) in [5.41, 5.74) is 0. The van der Waals surface area contributed by atoms with Gasteiger partial charge in [-0.15, -0.1) is 24.0 Å². The zero-order valence-electron chi connectivity index (χ0n) is 15.5. The Bertz CT molecular complexity index is 408. The molecule has 1 heterocycles. The molecule has 5 nitrogen and oxygen atoms in total. The number of carbonyl (C=O) groups is 1. The number of carbonyl (C=O) groups excluding carboxylic acids is 1. The van der Waals surface area contributed by atoms with E-state index in [9.17, 15) is 4.79 Å². The van der Waals surface area contributed by atoms with Crippen molar-refractivity contribution in [1.29, 1.82) is 0 Å². The molecule has 2 rings (SSSR count). The zero-order chi connectivity index (χ0) is 16.7. The highest BCUT2D eigenvalue weighted by Gasteiger charge is 2.31. The van der Waals surface area contributed by atoms with Crippen LogP contribution in [0.1, 0.15) is 58.8 Å². The maximum absolute atomic E-state index is 12.6. The first-order chi connectivity index (χ1) is 11.1. The van der Waals surface area contributed by atoms with Crippen molar-refractivity contribution in [2.45, 2.75) is 64.8 Å². The fourth-order valence-corrected chi connectivity index (χ4v) is 3.55. The van der Waals surface area contributed by atoms with E-state index in [2.05, 4.69) is 34.4 Å². The fourth-order valence-electron chi connectivity index (χ4n) is 3.55. The molecule has 1 atom stereocenters. The Morgan fingerprint density at radius 2 is 1.92 bits per heavy atom. The van der Waals surface area contributed by atoms with Crippen LogP contribution in [0.5, 0.6) is 0 Å². The molecule has 1 amide bonds. The molecule has 0 spiro atoms. The van der Waals surface area contributed by atoms with Gasteiger partial charge in [-0.1, -0.05) is 33.1 Å². The van der Waals surface area contributed by atoms with Crippen LogP contribution in [-0.2, 0) is 4.79 Å². The number of amides is 1. The number of aliphatic imine (C=N–C) groups is 1. The van der Waals surface area contributed by atoms with Crippen LogP contribution in [0.2, 0.25) is 0 Å². The molecule has 1 saturated carbocycles. The Hall–Kier alpha value is -0.530. The van der Waals surface area contributed by atoms with Crippen LogP contribution in [0.4, 0.5) is 0 Å². The van der Waals surface area contributed by atoms with Gasteiger partial charge in [0.2, 0.25) is 5.91 Å². The second-order valence-corrected chi connectivity index (χ2v) is 7.43. The van der Waals surface area contributed by atoms with Crippen LogP contribution in [0.25, 0.3) is 0 Å². The monoisotopic (exact) mass is 450 g/mol. The molecule has 2 N–H and O–H groups in total. The molecule has 1 aliphatic carbocycles. The second-order valence-electron chi connectivity index (χ2n) is 7.43. The van der Waals surface area contributed by atoms with E-state index >= 15 is 0 Å². The van der Waals surface area contributed by atoms with Gasteiger partial charge in [-0.3, -0.25) is 9.79 Å². The van der Waals surface area contributed by atoms with Crippen molar-refractivity contribution in [3.63, 3.8) is 0 Å². The summed E-state index contributed by atoms with van der Waals surface area (Å²) < 4.78 is 0. The molecule has 6 heteroatoms.